The molecule has 0 spiro atoms. The van der Waals surface area contributed by atoms with E-state index in [1.54, 1.807) is 52.0 Å². The maximum atomic E-state index is 12.7. The van der Waals surface area contributed by atoms with Gasteiger partial charge in [0.2, 0.25) is 5.91 Å². The topological polar surface area (TPSA) is 108 Å². The fourth-order valence-electron chi connectivity index (χ4n) is 2.52. The summed E-state index contributed by atoms with van der Waals surface area (Å²) in [6.07, 6.45) is 0. The molecule has 9 heteroatoms. The fourth-order valence-corrected chi connectivity index (χ4v) is 2.92. The van der Waals surface area contributed by atoms with Gasteiger partial charge < -0.3 is 10.6 Å². The predicted octanol–water partition coefficient (Wildman–Crippen LogP) is 1.84. The Hall–Kier alpha value is -2.42. The summed E-state index contributed by atoms with van der Waals surface area (Å²) in [6.45, 7) is 6.30. The monoisotopic (exact) mass is 424 g/mol. The minimum Gasteiger partial charge on any atom is -0.333 e. The van der Waals surface area contributed by atoms with E-state index in [2.05, 4.69) is 31.9 Å². The third-order valence-electron chi connectivity index (χ3n) is 3.72. The van der Waals surface area contributed by atoms with Gasteiger partial charge in [-0.3, -0.25) is 19.8 Å². The molecule has 0 bridgehead atoms. The number of nitrogens with zero attached hydrogens (tertiary/aromatic N) is 1. The van der Waals surface area contributed by atoms with Gasteiger partial charge in [-0.2, -0.15) is 0 Å². The molecule has 1 aliphatic rings. The molecule has 1 heterocycles. The van der Waals surface area contributed by atoms with Crippen molar-refractivity contribution in [1.82, 2.24) is 20.9 Å². The summed E-state index contributed by atoms with van der Waals surface area (Å²) in [4.78, 5) is 49.5. The Morgan fingerprint density at radius 1 is 1.27 bits per heavy atom. The summed E-state index contributed by atoms with van der Waals surface area (Å²) in [5, 5.41) is 7.28. The van der Waals surface area contributed by atoms with Crippen LogP contribution in [-0.4, -0.2) is 40.9 Å². The fraction of sp³-hybridized carbons (Fsp3) is 0.412. The lowest BCUT2D eigenvalue weighted by Crippen LogP contribution is -2.51. The van der Waals surface area contributed by atoms with Crippen molar-refractivity contribution >= 4 is 39.8 Å². The van der Waals surface area contributed by atoms with E-state index in [0.29, 0.717) is 5.56 Å². The van der Waals surface area contributed by atoms with Crippen molar-refractivity contribution < 1.29 is 19.2 Å². The van der Waals surface area contributed by atoms with Gasteiger partial charge in [0.25, 0.3) is 5.91 Å². The summed E-state index contributed by atoms with van der Waals surface area (Å²) in [5.41, 5.74) is -1.22. The normalized spacial score (nSPS) is 20.0. The SMILES string of the molecule is CC(C)(C)NC(=O)NC(=O)CN1C(=O)N[C@@](C)(c2cccc(Br)c2)C1=O. The van der Waals surface area contributed by atoms with E-state index in [9.17, 15) is 19.2 Å². The number of urea groups is 2. The van der Waals surface area contributed by atoms with Crippen LogP contribution in [0, 0.1) is 0 Å². The first-order valence-corrected chi connectivity index (χ1v) is 8.74. The third kappa shape index (κ3) is 4.40. The van der Waals surface area contributed by atoms with E-state index in [4.69, 9.17) is 0 Å². The number of benzene rings is 1. The number of hydrogen-bond donors (Lipinski definition) is 3. The molecule has 0 aliphatic carbocycles. The van der Waals surface area contributed by atoms with Crippen molar-refractivity contribution in [3.63, 3.8) is 0 Å². The van der Waals surface area contributed by atoms with Crippen molar-refractivity contribution in [2.75, 3.05) is 6.54 Å². The molecule has 8 nitrogen and oxygen atoms in total. The highest BCUT2D eigenvalue weighted by atomic mass is 79.9. The molecular weight excluding hydrogens is 404 g/mol. The van der Waals surface area contributed by atoms with E-state index < -0.39 is 41.5 Å². The minimum atomic E-state index is -1.28. The Bertz CT molecular complexity index is 774. The molecular formula is C17H21BrN4O4. The summed E-state index contributed by atoms with van der Waals surface area (Å²) in [6, 6.07) is 5.60. The maximum Gasteiger partial charge on any atom is 0.325 e. The van der Waals surface area contributed by atoms with Crippen LogP contribution in [0.4, 0.5) is 9.59 Å². The van der Waals surface area contributed by atoms with Crippen LogP contribution in [0.2, 0.25) is 0 Å². The Morgan fingerprint density at radius 2 is 1.92 bits per heavy atom. The Labute approximate surface area is 159 Å². The molecule has 0 radical (unpaired) electrons. The average molecular weight is 425 g/mol. The molecule has 1 aliphatic heterocycles. The predicted molar refractivity (Wildman–Crippen MR) is 98.2 cm³/mol. The number of nitrogens with one attached hydrogen (secondary N) is 3. The highest BCUT2D eigenvalue weighted by Gasteiger charge is 2.49. The molecule has 0 saturated carbocycles. The lowest BCUT2D eigenvalue weighted by Gasteiger charge is -2.22. The van der Waals surface area contributed by atoms with Crippen molar-refractivity contribution in [3.05, 3.63) is 34.3 Å². The number of carbonyl (C=O) groups is 4. The van der Waals surface area contributed by atoms with Crippen LogP contribution in [-0.2, 0) is 15.1 Å². The molecule has 6 amide bonds. The first-order valence-electron chi connectivity index (χ1n) is 7.94. The standard InChI is InChI=1S/C17H21BrN4O4/c1-16(2,3)20-14(25)19-12(23)9-22-13(24)17(4,21-15(22)26)10-6-5-7-11(18)8-10/h5-8H,9H2,1-4H3,(H,21,26)(H2,19,20,23,25)/t17-/m0/s1. The number of hydrogen-bond acceptors (Lipinski definition) is 4. The zero-order valence-corrected chi connectivity index (χ0v) is 16.6. The molecule has 140 valence electrons. The van der Waals surface area contributed by atoms with Crippen molar-refractivity contribution in [2.24, 2.45) is 0 Å². The van der Waals surface area contributed by atoms with Gasteiger partial charge in [0, 0.05) is 10.0 Å². The largest absolute Gasteiger partial charge is 0.333 e. The highest BCUT2D eigenvalue weighted by Crippen LogP contribution is 2.30. The molecule has 1 saturated heterocycles. The van der Waals surface area contributed by atoms with Gasteiger partial charge in [-0.05, 0) is 45.4 Å². The average Bonchev–Trinajstić information content (AvgIpc) is 2.69. The van der Waals surface area contributed by atoms with Gasteiger partial charge in [0.1, 0.15) is 12.1 Å². The highest BCUT2D eigenvalue weighted by molar-refractivity contribution is 9.10. The molecule has 0 unspecified atom stereocenters. The first-order chi connectivity index (χ1) is 11.9. The van der Waals surface area contributed by atoms with Gasteiger partial charge in [-0.15, -0.1) is 0 Å². The van der Waals surface area contributed by atoms with Crippen LogP contribution in [0.25, 0.3) is 0 Å². The molecule has 1 fully saturated rings. The first kappa shape index (κ1) is 19.9. The lowest BCUT2D eigenvalue weighted by molar-refractivity contribution is -0.134. The van der Waals surface area contributed by atoms with E-state index in [-0.39, 0.29) is 0 Å². The smallest absolute Gasteiger partial charge is 0.325 e. The molecule has 2 rings (SSSR count). The minimum absolute atomic E-state index is 0.523. The van der Waals surface area contributed by atoms with E-state index in [1.807, 2.05) is 0 Å². The number of imide groups is 2. The summed E-state index contributed by atoms with van der Waals surface area (Å²) in [7, 11) is 0. The van der Waals surface area contributed by atoms with E-state index >= 15 is 0 Å². The van der Waals surface area contributed by atoms with Gasteiger partial charge in [0.15, 0.2) is 0 Å². The maximum absolute atomic E-state index is 12.7. The van der Waals surface area contributed by atoms with Crippen LogP contribution in [0.5, 0.6) is 0 Å². The number of halogens is 1. The van der Waals surface area contributed by atoms with Crippen molar-refractivity contribution in [2.45, 2.75) is 38.8 Å². The lowest BCUT2D eigenvalue weighted by atomic mass is 9.92. The van der Waals surface area contributed by atoms with Crippen molar-refractivity contribution in [1.29, 1.82) is 0 Å². The summed E-state index contributed by atoms with van der Waals surface area (Å²) < 4.78 is 0.758. The summed E-state index contributed by atoms with van der Waals surface area (Å²) >= 11 is 3.33. The number of amides is 6. The van der Waals surface area contributed by atoms with Gasteiger partial charge in [-0.1, -0.05) is 28.1 Å². The van der Waals surface area contributed by atoms with Gasteiger partial charge >= 0.3 is 12.1 Å². The Kier molecular flexibility index (Phi) is 5.41. The number of carbonyl (C=O) groups excluding carboxylic acids is 4. The molecule has 26 heavy (non-hydrogen) atoms. The molecule has 1 atom stereocenters. The third-order valence-corrected chi connectivity index (χ3v) is 4.21. The van der Waals surface area contributed by atoms with Gasteiger partial charge in [0.05, 0.1) is 0 Å². The Morgan fingerprint density at radius 3 is 2.50 bits per heavy atom. The molecule has 3 N–H and O–H groups in total. The zero-order valence-electron chi connectivity index (χ0n) is 15.0. The van der Waals surface area contributed by atoms with Crippen LogP contribution in [0.15, 0.2) is 28.7 Å². The van der Waals surface area contributed by atoms with Crippen LogP contribution < -0.4 is 16.0 Å². The Balaban J connectivity index is 2.09. The second kappa shape index (κ2) is 7.06. The van der Waals surface area contributed by atoms with Crippen LogP contribution in [0.1, 0.15) is 33.3 Å². The molecule has 0 aromatic heterocycles. The van der Waals surface area contributed by atoms with E-state index in [1.165, 1.54) is 0 Å². The second-order valence-electron chi connectivity index (χ2n) is 7.21. The second-order valence-corrected chi connectivity index (χ2v) is 8.12. The summed E-state index contributed by atoms with van der Waals surface area (Å²) in [5.74, 6) is -1.32. The van der Waals surface area contributed by atoms with Gasteiger partial charge in [-0.25, -0.2) is 9.59 Å². The number of rotatable bonds is 3. The van der Waals surface area contributed by atoms with E-state index in [0.717, 1.165) is 9.37 Å². The quantitative estimate of drug-likeness (QED) is 0.643. The zero-order chi connectivity index (χ0) is 19.7. The molecule has 1 aromatic carbocycles. The van der Waals surface area contributed by atoms with Crippen LogP contribution >= 0.6 is 15.9 Å². The van der Waals surface area contributed by atoms with Crippen molar-refractivity contribution in [3.8, 4) is 0 Å². The van der Waals surface area contributed by atoms with Crippen LogP contribution in [0.3, 0.4) is 0 Å². The molecule has 1 aromatic rings.